The quantitative estimate of drug-likeness (QED) is 0.810. The van der Waals surface area contributed by atoms with E-state index in [1.165, 1.54) is 17.2 Å². The maximum atomic E-state index is 13.6. The fourth-order valence-corrected chi connectivity index (χ4v) is 3.09. The molecule has 3 N–H and O–H groups in total. The van der Waals surface area contributed by atoms with Gasteiger partial charge in [-0.05, 0) is 52.4 Å². The molecule has 0 bridgehead atoms. The van der Waals surface area contributed by atoms with Crippen LogP contribution in [0.3, 0.4) is 0 Å². The van der Waals surface area contributed by atoms with Gasteiger partial charge < -0.3 is 11.1 Å². The van der Waals surface area contributed by atoms with Gasteiger partial charge in [0, 0.05) is 12.1 Å². The van der Waals surface area contributed by atoms with Crippen molar-refractivity contribution in [1.82, 2.24) is 0 Å². The van der Waals surface area contributed by atoms with Crippen molar-refractivity contribution in [1.29, 1.82) is 0 Å². The molecule has 4 heteroatoms. The summed E-state index contributed by atoms with van der Waals surface area (Å²) in [7, 11) is 0. The van der Waals surface area contributed by atoms with Crippen LogP contribution in [0.2, 0.25) is 0 Å². The smallest absolute Gasteiger partial charge is 0.139 e. The highest BCUT2D eigenvalue weighted by Crippen LogP contribution is 2.29. The van der Waals surface area contributed by atoms with Crippen molar-refractivity contribution in [3.8, 4) is 0 Å². The highest BCUT2D eigenvalue weighted by molar-refractivity contribution is 9.10. The number of benzene rings is 2. The lowest BCUT2D eigenvalue weighted by atomic mass is 9.88. The van der Waals surface area contributed by atoms with Crippen LogP contribution in [0.25, 0.3) is 0 Å². The molecule has 2 nitrogen and oxygen atoms in total. The molecular formula is C16H16BrFN2. The average Bonchev–Trinajstić information content (AvgIpc) is 2.44. The van der Waals surface area contributed by atoms with Gasteiger partial charge in [-0.3, -0.25) is 0 Å². The van der Waals surface area contributed by atoms with Crippen LogP contribution in [0.1, 0.15) is 17.5 Å². The Kier molecular flexibility index (Phi) is 3.66. The van der Waals surface area contributed by atoms with Gasteiger partial charge >= 0.3 is 0 Å². The number of halogens is 2. The topological polar surface area (TPSA) is 38.0 Å². The molecule has 0 saturated heterocycles. The second-order valence-electron chi connectivity index (χ2n) is 5.21. The van der Waals surface area contributed by atoms with E-state index in [1.54, 1.807) is 6.07 Å². The van der Waals surface area contributed by atoms with Crippen LogP contribution in [0.5, 0.6) is 0 Å². The van der Waals surface area contributed by atoms with Gasteiger partial charge in [-0.25, -0.2) is 4.39 Å². The number of aryl methyl sites for hydroxylation is 1. The predicted molar refractivity (Wildman–Crippen MR) is 84.4 cm³/mol. The number of nitrogens with one attached hydrogen (secondary N) is 1. The molecule has 20 heavy (non-hydrogen) atoms. The second-order valence-corrected chi connectivity index (χ2v) is 6.06. The van der Waals surface area contributed by atoms with Crippen LogP contribution < -0.4 is 11.1 Å². The van der Waals surface area contributed by atoms with Crippen molar-refractivity contribution >= 4 is 27.3 Å². The molecule has 2 aromatic rings. The molecule has 1 atom stereocenters. The summed E-state index contributed by atoms with van der Waals surface area (Å²) >= 11 is 3.14. The van der Waals surface area contributed by atoms with Gasteiger partial charge in [0.25, 0.3) is 0 Å². The molecule has 1 aliphatic carbocycles. The van der Waals surface area contributed by atoms with Crippen LogP contribution in [0.15, 0.2) is 40.9 Å². The van der Waals surface area contributed by atoms with E-state index in [0.717, 1.165) is 19.3 Å². The molecule has 0 fully saturated rings. The third-order valence-corrected chi connectivity index (χ3v) is 4.41. The van der Waals surface area contributed by atoms with Crippen LogP contribution in [-0.4, -0.2) is 6.04 Å². The number of nitrogens with two attached hydrogens (primary N) is 1. The lowest BCUT2D eigenvalue weighted by molar-refractivity contribution is 0.605. The largest absolute Gasteiger partial charge is 0.397 e. The monoisotopic (exact) mass is 334 g/mol. The van der Waals surface area contributed by atoms with Gasteiger partial charge in [0.1, 0.15) is 5.82 Å². The summed E-state index contributed by atoms with van der Waals surface area (Å²) < 4.78 is 14.0. The molecule has 0 amide bonds. The molecule has 2 aromatic carbocycles. The number of rotatable bonds is 2. The Labute approximate surface area is 126 Å². The average molecular weight is 335 g/mol. The van der Waals surface area contributed by atoms with E-state index < -0.39 is 0 Å². The predicted octanol–water partition coefficient (Wildman–Crippen LogP) is 4.14. The van der Waals surface area contributed by atoms with Crippen LogP contribution in [0, 0.1) is 5.82 Å². The Hall–Kier alpha value is -1.55. The van der Waals surface area contributed by atoms with Crippen molar-refractivity contribution in [2.75, 3.05) is 11.1 Å². The van der Waals surface area contributed by atoms with Crippen molar-refractivity contribution in [3.63, 3.8) is 0 Å². The van der Waals surface area contributed by atoms with Crippen molar-refractivity contribution < 1.29 is 4.39 Å². The molecule has 104 valence electrons. The summed E-state index contributed by atoms with van der Waals surface area (Å²) in [5.74, 6) is -0.294. The van der Waals surface area contributed by atoms with Crippen molar-refractivity contribution in [3.05, 3.63) is 57.8 Å². The van der Waals surface area contributed by atoms with E-state index in [1.807, 2.05) is 0 Å². The zero-order valence-electron chi connectivity index (χ0n) is 11.0. The third-order valence-electron chi connectivity index (χ3n) is 3.80. The molecule has 0 radical (unpaired) electrons. The van der Waals surface area contributed by atoms with Crippen LogP contribution in [0.4, 0.5) is 15.8 Å². The fraction of sp³-hybridized carbons (Fsp3) is 0.250. The highest BCUT2D eigenvalue weighted by atomic mass is 79.9. The molecule has 1 aliphatic rings. The molecule has 3 rings (SSSR count). The van der Waals surface area contributed by atoms with Gasteiger partial charge in [-0.2, -0.15) is 0 Å². The molecule has 1 unspecified atom stereocenters. The van der Waals surface area contributed by atoms with E-state index in [-0.39, 0.29) is 5.82 Å². The summed E-state index contributed by atoms with van der Waals surface area (Å²) in [4.78, 5) is 0. The lowest BCUT2D eigenvalue weighted by Gasteiger charge is -2.27. The maximum Gasteiger partial charge on any atom is 0.139 e. The molecule has 0 aromatic heterocycles. The Balaban J connectivity index is 1.78. The minimum absolute atomic E-state index is 0.294. The second kappa shape index (κ2) is 5.44. The Morgan fingerprint density at radius 2 is 1.95 bits per heavy atom. The number of hydrogen-bond acceptors (Lipinski definition) is 2. The first-order chi connectivity index (χ1) is 9.63. The zero-order valence-corrected chi connectivity index (χ0v) is 12.6. The summed E-state index contributed by atoms with van der Waals surface area (Å²) in [5, 5.41) is 3.37. The minimum Gasteiger partial charge on any atom is -0.397 e. The van der Waals surface area contributed by atoms with E-state index in [2.05, 4.69) is 45.5 Å². The Morgan fingerprint density at radius 1 is 1.20 bits per heavy atom. The van der Waals surface area contributed by atoms with Crippen molar-refractivity contribution in [2.45, 2.75) is 25.3 Å². The molecule has 0 aliphatic heterocycles. The van der Waals surface area contributed by atoms with Gasteiger partial charge in [-0.15, -0.1) is 0 Å². The van der Waals surface area contributed by atoms with Gasteiger partial charge in [0.2, 0.25) is 0 Å². The fourth-order valence-electron chi connectivity index (χ4n) is 2.73. The first-order valence-electron chi connectivity index (χ1n) is 6.71. The van der Waals surface area contributed by atoms with Crippen LogP contribution in [-0.2, 0) is 12.8 Å². The number of fused-ring (bicyclic) bond motifs is 1. The van der Waals surface area contributed by atoms with E-state index in [4.69, 9.17) is 5.73 Å². The summed E-state index contributed by atoms with van der Waals surface area (Å²) in [5.41, 5.74) is 9.97. The highest BCUT2D eigenvalue weighted by Gasteiger charge is 2.19. The molecule has 0 saturated carbocycles. The lowest BCUT2D eigenvalue weighted by Crippen LogP contribution is -2.27. The first-order valence-corrected chi connectivity index (χ1v) is 7.50. The van der Waals surface area contributed by atoms with E-state index >= 15 is 0 Å². The molecule has 0 spiro atoms. The summed E-state index contributed by atoms with van der Waals surface area (Å²) in [6.07, 6.45) is 3.04. The van der Waals surface area contributed by atoms with Gasteiger partial charge in [-0.1, -0.05) is 24.3 Å². The normalized spacial score (nSPS) is 17.6. The van der Waals surface area contributed by atoms with Crippen molar-refractivity contribution in [2.24, 2.45) is 0 Å². The third kappa shape index (κ3) is 2.66. The molecular weight excluding hydrogens is 319 g/mol. The zero-order chi connectivity index (χ0) is 14.1. The van der Waals surface area contributed by atoms with E-state index in [0.29, 0.717) is 21.9 Å². The number of anilines is 2. The van der Waals surface area contributed by atoms with E-state index in [9.17, 15) is 4.39 Å². The van der Waals surface area contributed by atoms with Crippen LogP contribution >= 0.6 is 15.9 Å². The maximum absolute atomic E-state index is 13.6. The number of nitrogen functional groups attached to an aromatic ring is 1. The summed E-state index contributed by atoms with van der Waals surface area (Å²) in [6.45, 7) is 0. The SMILES string of the molecule is Nc1cc(Br)c(F)cc1NC1CCc2ccccc2C1. The van der Waals surface area contributed by atoms with Gasteiger partial charge in [0.15, 0.2) is 0 Å². The van der Waals surface area contributed by atoms with Gasteiger partial charge in [0.05, 0.1) is 15.8 Å². The number of hydrogen-bond donors (Lipinski definition) is 2. The standard InChI is InChI=1S/C16H16BrFN2/c17-13-8-15(19)16(9-14(13)18)20-12-6-5-10-3-1-2-4-11(10)7-12/h1-4,8-9,12,20H,5-7,19H2. The molecule has 0 heterocycles. The Bertz CT molecular complexity index is 642. The first kappa shape index (κ1) is 13.4. The summed E-state index contributed by atoms with van der Waals surface area (Å²) in [6, 6.07) is 11.8. The minimum atomic E-state index is -0.294. The Morgan fingerprint density at radius 3 is 2.75 bits per heavy atom.